The second kappa shape index (κ2) is 5.43. The highest BCUT2D eigenvalue weighted by atomic mass is 16.5. The zero-order valence-electron chi connectivity index (χ0n) is 12.1. The second-order valence-corrected chi connectivity index (χ2v) is 6.08. The third-order valence-electron chi connectivity index (χ3n) is 3.25. The van der Waals surface area contributed by atoms with Crippen LogP contribution in [0.3, 0.4) is 0 Å². The Morgan fingerprint density at radius 2 is 2.21 bits per heavy atom. The molecule has 0 bridgehead atoms. The molecule has 0 aliphatic heterocycles. The van der Waals surface area contributed by atoms with Crippen LogP contribution in [0.5, 0.6) is 0 Å². The zero-order valence-corrected chi connectivity index (χ0v) is 12.1. The maximum absolute atomic E-state index is 5.84. The van der Waals surface area contributed by atoms with Crippen molar-refractivity contribution in [3.63, 3.8) is 0 Å². The molecular formula is C14H23N3O2. The van der Waals surface area contributed by atoms with Gasteiger partial charge < -0.3 is 15.0 Å². The van der Waals surface area contributed by atoms with Crippen LogP contribution in [0.2, 0.25) is 0 Å². The fourth-order valence-electron chi connectivity index (χ4n) is 2.29. The van der Waals surface area contributed by atoms with Gasteiger partial charge in [0, 0.05) is 12.6 Å². The number of aromatic nitrogens is 2. The van der Waals surface area contributed by atoms with E-state index < -0.39 is 0 Å². The largest absolute Gasteiger partial charge is 0.370 e. The van der Waals surface area contributed by atoms with E-state index in [1.54, 1.807) is 0 Å². The molecule has 19 heavy (non-hydrogen) atoms. The second-order valence-electron chi connectivity index (χ2n) is 6.08. The van der Waals surface area contributed by atoms with E-state index in [4.69, 9.17) is 15.0 Å². The molecule has 1 heterocycles. The van der Waals surface area contributed by atoms with Gasteiger partial charge in [0.15, 0.2) is 0 Å². The molecule has 2 rings (SSSR count). The number of hydrogen-bond acceptors (Lipinski definition) is 5. The fraction of sp³-hybridized carbons (Fsp3) is 0.714. The lowest BCUT2D eigenvalue weighted by molar-refractivity contribution is -0.0203. The summed E-state index contributed by atoms with van der Waals surface area (Å²) in [6, 6.07) is 0.0886. The molecule has 3 atom stereocenters. The summed E-state index contributed by atoms with van der Waals surface area (Å²) in [6.45, 7) is 8.91. The van der Waals surface area contributed by atoms with Gasteiger partial charge in [-0.05, 0) is 18.8 Å². The Kier molecular flexibility index (Phi) is 4.06. The van der Waals surface area contributed by atoms with Crippen LogP contribution in [-0.4, -0.2) is 22.8 Å². The normalized spacial score (nSPS) is 24.9. The van der Waals surface area contributed by atoms with Crippen LogP contribution in [0.4, 0.5) is 0 Å². The third kappa shape index (κ3) is 3.22. The summed E-state index contributed by atoms with van der Waals surface area (Å²) in [5.41, 5.74) is 5.77. The molecule has 1 aromatic heterocycles. The molecule has 0 radical (unpaired) electrons. The highest BCUT2D eigenvalue weighted by Gasteiger charge is 2.32. The van der Waals surface area contributed by atoms with Crippen molar-refractivity contribution in [3.8, 4) is 0 Å². The summed E-state index contributed by atoms with van der Waals surface area (Å²) >= 11 is 0. The van der Waals surface area contributed by atoms with E-state index in [0.29, 0.717) is 18.3 Å². The quantitative estimate of drug-likeness (QED) is 0.847. The van der Waals surface area contributed by atoms with Crippen molar-refractivity contribution in [2.45, 2.75) is 52.2 Å². The molecule has 0 saturated heterocycles. The number of ether oxygens (including phenoxy) is 1. The monoisotopic (exact) mass is 265 g/mol. The van der Waals surface area contributed by atoms with Crippen molar-refractivity contribution in [1.82, 2.24) is 10.1 Å². The standard InChI is InChI=1S/C14H23N3O2/c1-5-18-11(14(2,3)4)12-16-13(19-17-12)9-6-7-10(15)8-9/h6-7,9-11H,5,8,15H2,1-4H3. The van der Waals surface area contributed by atoms with Crippen LogP contribution in [0.15, 0.2) is 16.7 Å². The summed E-state index contributed by atoms with van der Waals surface area (Å²) in [5.74, 6) is 1.39. The highest BCUT2D eigenvalue weighted by molar-refractivity contribution is 5.15. The maximum Gasteiger partial charge on any atom is 0.233 e. The Labute approximate surface area is 114 Å². The van der Waals surface area contributed by atoms with Gasteiger partial charge in [0.25, 0.3) is 0 Å². The summed E-state index contributed by atoms with van der Waals surface area (Å²) < 4.78 is 11.1. The number of rotatable bonds is 4. The van der Waals surface area contributed by atoms with Gasteiger partial charge in [0.1, 0.15) is 6.10 Å². The summed E-state index contributed by atoms with van der Waals surface area (Å²) in [7, 11) is 0. The van der Waals surface area contributed by atoms with Crippen molar-refractivity contribution in [1.29, 1.82) is 0 Å². The Hall–Kier alpha value is -1.20. The first kappa shape index (κ1) is 14.2. The van der Waals surface area contributed by atoms with Gasteiger partial charge >= 0.3 is 0 Å². The molecule has 2 N–H and O–H groups in total. The van der Waals surface area contributed by atoms with Gasteiger partial charge in [-0.3, -0.25) is 0 Å². The molecule has 3 unspecified atom stereocenters. The molecule has 0 aromatic carbocycles. The topological polar surface area (TPSA) is 74.2 Å². The van der Waals surface area contributed by atoms with Crippen LogP contribution in [-0.2, 0) is 4.74 Å². The molecule has 106 valence electrons. The SMILES string of the molecule is CCOC(c1noc(C2C=CC(N)C2)n1)C(C)(C)C. The van der Waals surface area contributed by atoms with Crippen LogP contribution >= 0.6 is 0 Å². The smallest absolute Gasteiger partial charge is 0.233 e. The minimum Gasteiger partial charge on any atom is -0.370 e. The van der Waals surface area contributed by atoms with Gasteiger partial charge in [-0.25, -0.2) is 0 Å². The lowest BCUT2D eigenvalue weighted by Crippen LogP contribution is -2.22. The van der Waals surface area contributed by atoms with Gasteiger partial charge in [-0.15, -0.1) is 0 Å². The Morgan fingerprint density at radius 1 is 1.47 bits per heavy atom. The number of allylic oxidation sites excluding steroid dienone is 1. The predicted octanol–water partition coefficient (Wildman–Crippen LogP) is 2.56. The van der Waals surface area contributed by atoms with Gasteiger partial charge in [0.2, 0.25) is 11.7 Å². The minimum absolute atomic E-state index is 0.0704. The molecule has 0 fully saturated rings. The Morgan fingerprint density at radius 3 is 2.74 bits per heavy atom. The number of nitrogens with zero attached hydrogens (tertiary/aromatic N) is 2. The molecule has 1 aliphatic carbocycles. The van der Waals surface area contributed by atoms with Crippen molar-refractivity contribution < 1.29 is 9.26 Å². The zero-order chi connectivity index (χ0) is 14.0. The van der Waals surface area contributed by atoms with E-state index in [-0.39, 0.29) is 23.5 Å². The van der Waals surface area contributed by atoms with E-state index in [1.807, 2.05) is 19.1 Å². The lowest BCUT2D eigenvalue weighted by atomic mass is 9.88. The van der Waals surface area contributed by atoms with E-state index in [0.717, 1.165) is 6.42 Å². The van der Waals surface area contributed by atoms with Gasteiger partial charge in [-0.2, -0.15) is 4.98 Å². The molecule has 0 amide bonds. The Bertz CT molecular complexity index is 448. The van der Waals surface area contributed by atoms with Gasteiger partial charge in [0.05, 0.1) is 5.92 Å². The summed E-state index contributed by atoms with van der Waals surface area (Å²) in [6.07, 6.45) is 4.69. The number of nitrogens with two attached hydrogens (primary N) is 1. The number of hydrogen-bond donors (Lipinski definition) is 1. The molecule has 0 saturated carbocycles. The molecule has 1 aliphatic rings. The van der Waals surface area contributed by atoms with Crippen molar-refractivity contribution in [2.24, 2.45) is 11.1 Å². The van der Waals surface area contributed by atoms with Crippen molar-refractivity contribution >= 4 is 0 Å². The fourth-order valence-corrected chi connectivity index (χ4v) is 2.29. The van der Waals surface area contributed by atoms with Crippen LogP contribution in [0.1, 0.15) is 57.9 Å². The van der Waals surface area contributed by atoms with Crippen LogP contribution < -0.4 is 5.73 Å². The van der Waals surface area contributed by atoms with Crippen LogP contribution in [0.25, 0.3) is 0 Å². The minimum atomic E-state index is -0.158. The molecular weight excluding hydrogens is 242 g/mol. The predicted molar refractivity (Wildman–Crippen MR) is 72.6 cm³/mol. The van der Waals surface area contributed by atoms with Crippen LogP contribution in [0, 0.1) is 5.41 Å². The van der Waals surface area contributed by atoms with E-state index in [2.05, 4.69) is 30.9 Å². The van der Waals surface area contributed by atoms with Gasteiger partial charge in [-0.1, -0.05) is 38.1 Å². The first-order chi connectivity index (χ1) is 8.91. The lowest BCUT2D eigenvalue weighted by Gasteiger charge is -2.27. The highest BCUT2D eigenvalue weighted by Crippen LogP contribution is 2.35. The average molecular weight is 265 g/mol. The van der Waals surface area contributed by atoms with E-state index in [9.17, 15) is 0 Å². The average Bonchev–Trinajstić information content (AvgIpc) is 2.92. The molecule has 1 aromatic rings. The summed E-state index contributed by atoms with van der Waals surface area (Å²) in [4.78, 5) is 4.50. The van der Waals surface area contributed by atoms with Crippen molar-refractivity contribution in [3.05, 3.63) is 23.9 Å². The van der Waals surface area contributed by atoms with E-state index in [1.165, 1.54) is 0 Å². The van der Waals surface area contributed by atoms with E-state index >= 15 is 0 Å². The maximum atomic E-state index is 5.84. The first-order valence-corrected chi connectivity index (χ1v) is 6.80. The third-order valence-corrected chi connectivity index (χ3v) is 3.25. The first-order valence-electron chi connectivity index (χ1n) is 6.80. The Balaban J connectivity index is 2.17. The molecule has 5 heteroatoms. The molecule has 5 nitrogen and oxygen atoms in total. The summed E-state index contributed by atoms with van der Waals surface area (Å²) in [5, 5.41) is 4.09. The van der Waals surface area contributed by atoms with Crippen molar-refractivity contribution in [2.75, 3.05) is 6.61 Å². The molecule has 0 spiro atoms.